The minimum atomic E-state index is -0.384. The van der Waals surface area contributed by atoms with E-state index >= 15 is 0 Å². The monoisotopic (exact) mass is 403 g/mol. The molecule has 2 aromatic heterocycles. The van der Waals surface area contributed by atoms with Gasteiger partial charge in [0.25, 0.3) is 11.5 Å². The maximum Gasteiger partial charge on any atom is 0.274 e. The number of carbonyl (C=O) groups excluding carboxylic acids is 1. The van der Waals surface area contributed by atoms with Crippen molar-refractivity contribution in [3.63, 3.8) is 0 Å². The number of piperidine rings is 1. The van der Waals surface area contributed by atoms with E-state index in [-0.39, 0.29) is 17.5 Å². The summed E-state index contributed by atoms with van der Waals surface area (Å²) in [6.07, 6.45) is 10.4. The summed E-state index contributed by atoms with van der Waals surface area (Å²) in [5.41, 5.74) is -0.0883. The number of nitrogens with one attached hydrogen (secondary N) is 1. The summed E-state index contributed by atoms with van der Waals surface area (Å²) in [5.74, 6) is 0.403. The Morgan fingerprint density at radius 1 is 1.14 bits per heavy atom. The van der Waals surface area contributed by atoms with Crippen LogP contribution in [0.15, 0.2) is 10.9 Å². The molecule has 2 fully saturated rings. The lowest BCUT2D eigenvalue weighted by Crippen LogP contribution is -2.37. The van der Waals surface area contributed by atoms with Crippen molar-refractivity contribution in [3.8, 4) is 0 Å². The van der Waals surface area contributed by atoms with Gasteiger partial charge in [0.2, 0.25) is 10.1 Å². The van der Waals surface area contributed by atoms with E-state index in [9.17, 15) is 9.59 Å². The third kappa shape index (κ3) is 4.37. The van der Waals surface area contributed by atoms with Gasteiger partial charge in [-0.3, -0.25) is 9.59 Å². The molecule has 7 nitrogen and oxygen atoms in total. The van der Waals surface area contributed by atoms with E-state index in [0.29, 0.717) is 16.6 Å². The highest BCUT2D eigenvalue weighted by molar-refractivity contribution is 7.20. The fourth-order valence-corrected chi connectivity index (χ4v) is 5.26. The first-order valence-electron chi connectivity index (χ1n) is 10.6. The first-order valence-corrected chi connectivity index (χ1v) is 11.4. The van der Waals surface area contributed by atoms with Crippen molar-refractivity contribution >= 4 is 27.3 Å². The van der Waals surface area contributed by atoms with Crippen LogP contribution >= 0.6 is 11.3 Å². The molecular weight excluding hydrogens is 374 g/mol. The van der Waals surface area contributed by atoms with E-state index in [4.69, 9.17) is 0 Å². The van der Waals surface area contributed by atoms with Crippen molar-refractivity contribution in [3.05, 3.63) is 22.1 Å². The summed E-state index contributed by atoms with van der Waals surface area (Å²) < 4.78 is 1.55. The number of anilines is 1. The summed E-state index contributed by atoms with van der Waals surface area (Å²) in [5, 5.41) is 8.64. The van der Waals surface area contributed by atoms with Crippen LogP contribution in [-0.2, 0) is 0 Å². The number of nitrogens with zero attached hydrogens (tertiary/aromatic N) is 4. The Hall–Kier alpha value is -1.96. The summed E-state index contributed by atoms with van der Waals surface area (Å²) in [6.45, 7) is 4.15. The van der Waals surface area contributed by atoms with Crippen LogP contribution in [-0.4, -0.2) is 39.6 Å². The minimum Gasteiger partial charge on any atom is -0.348 e. The predicted molar refractivity (Wildman–Crippen MR) is 111 cm³/mol. The van der Waals surface area contributed by atoms with Crippen LogP contribution in [0.3, 0.4) is 0 Å². The second kappa shape index (κ2) is 8.59. The lowest BCUT2D eigenvalue weighted by molar-refractivity contribution is 0.0922. The van der Waals surface area contributed by atoms with Crippen LogP contribution in [0.2, 0.25) is 0 Å². The number of fused-ring (bicyclic) bond motifs is 1. The van der Waals surface area contributed by atoms with Gasteiger partial charge in [0.15, 0.2) is 0 Å². The Morgan fingerprint density at radius 2 is 1.89 bits per heavy atom. The molecule has 0 radical (unpaired) electrons. The molecule has 1 N–H and O–H groups in total. The normalized spacial score (nSPS) is 22.0. The minimum absolute atomic E-state index is 0.174. The average molecular weight is 404 g/mol. The smallest absolute Gasteiger partial charge is 0.274 e. The summed E-state index contributed by atoms with van der Waals surface area (Å²) in [7, 11) is 0. The maximum absolute atomic E-state index is 13.0. The Labute approximate surface area is 169 Å². The average Bonchev–Trinajstić information content (AvgIpc) is 3.07. The summed E-state index contributed by atoms with van der Waals surface area (Å²) in [4.78, 5) is 31.9. The Bertz CT molecular complexity index is 884. The van der Waals surface area contributed by atoms with Crippen LogP contribution < -0.4 is 15.8 Å². The quantitative estimate of drug-likeness (QED) is 0.851. The third-order valence-corrected chi connectivity index (χ3v) is 6.81. The first-order chi connectivity index (χ1) is 13.6. The Balaban J connectivity index is 1.58. The highest BCUT2D eigenvalue weighted by Crippen LogP contribution is 2.27. The lowest BCUT2D eigenvalue weighted by Gasteiger charge is -2.30. The van der Waals surface area contributed by atoms with Gasteiger partial charge in [-0.05, 0) is 31.6 Å². The van der Waals surface area contributed by atoms with E-state index < -0.39 is 0 Å². The zero-order chi connectivity index (χ0) is 19.5. The second-order valence-electron chi connectivity index (χ2n) is 8.27. The van der Waals surface area contributed by atoms with Crippen molar-refractivity contribution < 1.29 is 4.79 Å². The van der Waals surface area contributed by atoms with E-state index in [0.717, 1.165) is 50.3 Å². The van der Waals surface area contributed by atoms with Crippen molar-refractivity contribution in [2.75, 3.05) is 18.0 Å². The standard InChI is InChI=1S/C20H29N5O2S/c1-14-8-7-11-24(13-14)20-23-25-16(12-17(26)22-19(25)28-20)18(27)21-15-9-5-3-2-4-6-10-15/h12,14-15H,2-11,13H2,1H3,(H,21,27). The number of rotatable bonds is 3. The van der Waals surface area contributed by atoms with Gasteiger partial charge >= 0.3 is 0 Å². The highest BCUT2D eigenvalue weighted by Gasteiger charge is 2.23. The van der Waals surface area contributed by atoms with Gasteiger partial charge in [-0.15, -0.1) is 5.10 Å². The maximum atomic E-state index is 13.0. The molecule has 0 aromatic carbocycles. The van der Waals surface area contributed by atoms with Crippen molar-refractivity contribution in [1.29, 1.82) is 0 Å². The van der Waals surface area contributed by atoms with Gasteiger partial charge in [-0.2, -0.15) is 9.50 Å². The van der Waals surface area contributed by atoms with Crippen LogP contribution in [0.25, 0.3) is 4.96 Å². The lowest BCUT2D eigenvalue weighted by atomic mass is 9.96. The molecule has 1 unspecified atom stereocenters. The van der Waals surface area contributed by atoms with E-state index in [1.54, 1.807) is 4.52 Å². The molecule has 2 aromatic rings. The molecule has 1 aliphatic heterocycles. The molecule has 1 aliphatic carbocycles. The molecule has 0 bridgehead atoms. The summed E-state index contributed by atoms with van der Waals surface area (Å²) >= 11 is 1.39. The predicted octanol–water partition coefficient (Wildman–Crippen LogP) is 3.23. The fourth-order valence-electron chi connectivity index (χ4n) is 4.32. The number of amides is 1. The second-order valence-corrected chi connectivity index (χ2v) is 9.20. The van der Waals surface area contributed by atoms with Gasteiger partial charge in [-0.1, -0.05) is 50.4 Å². The Kier molecular flexibility index (Phi) is 5.94. The largest absolute Gasteiger partial charge is 0.348 e. The van der Waals surface area contributed by atoms with Crippen LogP contribution in [0.4, 0.5) is 5.13 Å². The molecule has 2 aliphatic rings. The van der Waals surface area contributed by atoms with Gasteiger partial charge in [0.1, 0.15) is 5.69 Å². The molecule has 3 heterocycles. The molecule has 4 rings (SSSR count). The van der Waals surface area contributed by atoms with Crippen LogP contribution in [0.1, 0.15) is 75.2 Å². The van der Waals surface area contributed by atoms with Crippen LogP contribution in [0, 0.1) is 5.92 Å². The fraction of sp³-hybridized carbons (Fsp3) is 0.700. The summed E-state index contributed by atoms with van der Waals surface area (Å²) in [6, 6.07) is 1.49. The molecule has 0 spiro atoms. The zero-order valence-corrected chi connectivity index (χ0v) is 17.3. The Morgan fingerprint density at radius 3 is 2.64 bits per heavy atom. The molecular formula is C20H29N5O2S. The van der Waals surface area contributed by atoms with Gasteiger partial charge in [0.05, 0.1) is 0 Å². The molecule has 1 amide bonds. The van der Waals surface area contributed by atoms with Crippen molar-refractivity contribution in [2.24, 2.45) is 5.92 Å². The number of hydrogen-bond acceptors (Lipinski definition) is 6. The first kappa shape index (κ1) is 19.4. The third-order valence-electron chi connectivity index (χ3n) is 5.84. The van der Waals surface area contributed by atoms with E-state index in [1.807, 2.05) is 0 Å². The van der Waals surface area contributed by atoms with Crippen molar-refractivity contribution in [2.45, 2.75) is 70.8 Å². The van der Waals surface area contributed by atoms with E-state index in [2.05, 4.69) is 27.2 Å². The topological polar surface area (TPSA) is 79.6 Å². The molecule has 8 heteroatoms. The van der Waals surface area contributed by atoms with Crippen molar-refractivity contribution in [1.82, 2.24) is 19.9 Å². The molecule has 1 atom stereocenters. The van der Waals surface area contributed by atoms with Gasteiger partial charge in [0, 0.05) is 25.2 Å². The number of hydrogen-bond donors (Lipinski definition) is 1. The zero-order valence-electron chi connectivity index (χ0n) is 16.5. The van der Waals surface area contributed by atoms with Gasteiger partial charge < -0.3 is 10.2 Å². The van der Waals surface area contributed by atoms with E-state index in [1.165, 1.54) is 43.1 Å². The molecule has 28 heavy (non-hydrogen) atoms. The molecule has 152 valence electrons. The molecule has 1 saturated heterocycles. The molecule has 1 saturated carbocycles. The highest BCUT2D eigenvalue weighted by atomic mass is 32.1. The van der Waals surface area contributed by atoms with Gasteiger partial charge in [-0.25, -0.2) is 0 Å². The van der Waals surface area contributed by atoms with Crippen LogP contribution in [0.5, 0.6) is 0 Å². The number of aromatic nitrogens is 3. The SMILES string of the molecule is CC1CCCN(c2nn3c(C(=O)NC4CCCCCCC4)cc(=O)nc3s2)C1. The number of carbonyl (C=O) groups is 1.